The molecule has 8 heteroatoms. The number of benzene rings is 1. The van der Waals surface area contributed by atoms with Crippen LogP contribution in [0.15, 0.2) is 47.8 Å². The van der Waals surface area contributed by atoms with Gasteiger partial charge in [-0.15, -0.1) is 11.3 Å². The van der Waals surface area contributed by atoms with Gasteiger partial charge in [-0.25, -0.2) is 4.98 Å². The third kappa shape index (κ3) is 4.33. The van der Waals surface area contributed by atoms with E-state index in [1.54, 1.807) is 28.4 Å². The van der Waals surface area contributed by atoms with Gasteiger partial charge in [-0.1, -0.05) is 29.8 Å². The van der Waals surface area contributed by atoms with Gasteiger partial charge in [0.1, 0.15) is 4.83 Å². The molecule has 164 valence electrons. The Bertz CT molecular complexity index is 1310. The van der Waals surface area contributed by atoms with Gasteiger partial charge in [0.05, 0.1) is 23.1 Å². The summed E-state index contributed by atoms with van der Waals surface area (Å²) in [5, 5.41) is 5.13. The molecule has 0 aliphatic heterocycles. The molecule has 1 atom stereocenters. The first-order valence-electron chi connectivity index (χ1n) is 10.8. The Morgan fingerprint density at radius 1 is 1.22 bits per heavy atom. The summed E-state index contributed by atoms with van der Waals surface area (Å²) in [5.41, 5.74) is 4.15. The highest BCUT2D eigenvalue weighted by atomic mass is 35.5. The fraction of sp³-hybridized carbons (Fsp3) is 0.333. The van der Waals surface area contributed by atoms with Crippen LogP contribution in [-0.2, 0) is 32.4 Å². The Balaban J connectivity index is 1.32. The van der Waals surface area contributed by atoms with Crippen LogP contribution in [0.4, 0.5) is 0 Å². The lowest BCUT2D eigenvalue weighted by Crippen LogP contribution is -2.34. The van der Waals surface area contributed by atoms with Crippen LogP contribution in [0, 0.1) is 6.92 Å². The summed E-state index contributed by atoms with van der Waals surface area (Å²) in [4.78, 5) is 28.7. The van der Waals surface area contributed by atoms with E-state index < -0.39 is 0 Å². The van der Waals surface area contributed by atoms with E-state index in [9.17, 15) is 4.79 Å². The van der Waals surface area contributed by atoms with Crippen molar-refractivity contribution in [2.75, 3.05) is 0 Å². The number of aryl methyl sites for hydroxylation is 4. The highest BCUT2D eigenvalue weighted by molar-refractivity contribution is 7.18. The summed E-state index contributed by atoms with van der Waals surface area (Å²) < 4.78 is 1.72. The van der Waals surface area contributed by atoms with Gasteiger partial charge >= 0.3 is 0 Å². The highest BCUT2D eigenvalue weighted by Gasteiger charge is 2.25. The smallest absolute Gasteiger partial charge is 0.262 e. The molecule has 0 unspecified atom stereocenters. The molecule has 3 aromatic heterocycles. The van der Waals surface area contributed by atoms with E-state index in [2.05, 4.69) is 20.3 Å². The van der Waals surface area contributed by atoms with Crippen LogP contribution in [-0.4, -0.2) is 25.6 Å². The molecule has 1 aromatic carbocycles. The second-order valence-electron chi connectivity index (χ2n) is 8.24. The molecule has 0 saturated carbocycles. The maximum Gasteiger partial charge on any atom is 0.262 e. The van der Waals surface area contributed by atoms with Crippen molar-refractivity contribution in [3.63, 3.8) is 0 Å². The SMILES string of the molecule is Cc1cnc(CN[C@@H]2CCc3c(sc4ncn(CCc5ccccc5Cl)c(=O)c34)C2)cn1. The van der Waals surface area contributed by atoms with Crippen LogP contribution in [0.5, 0.6) is 0 Å². The fourth-order valence-electron chi connectivity index (χ4n) is 4.24. The molecule has 0 bridgehead atoms. The van der Waals surface area contributed by atoms with E-state index >= 15 is 0 Å². The van der Waals surface area contributed by atoms with Crippen LogP contribution in [0.1, 0.15) is 33.8 Å². The number of halogens is 1. The van der Waals surface area contributed by atoms with Gasteiger partial charge in [-0.3, -0.25) is 19.3 Å². The predicted molar refractivity (Wildman–Crippen MR) is 128 cm³/mol. The molecule has 0 saturated heterocycles. The van der Waals surface area contributed by atoms with Crippen molar-refractivity contribution in [1.82, 2.24) is 24.8 Å². The van der Waals surface area contributed by atoms with Gasteiger partial charge in [-0.2, -0.15) is 0 Å². The summed E-state index contributed by atoms with van der Waals surface area (Å²) in [6, 6.07) is 8.13. The normalized spacial score (nSPS) is 15.8. The van der Waals surface area contributed by atoms with Crippen LogP contribution < -0.4 is 10.9 Å². The van der Waals surface area contributed by atoms with Crippen molar-refractivity contribution in [3.05, 3.63) is 85.8 Å². The van der Waals surface area contributed by atoms with Gasteiger partial charge in [0.25, 0.3) is 5.56 Å². The molecular formula is C24H24ClN5OS. The van der Waals surface area contributed by atoms with Crippen LogP contribution in [0.2, 0.25) is 5.02 Å². The van der Waals surface area contributed by atoms with Crippen molar-refractivity contribution in [3.8, 4) is 0 Å². The Kier molecular flexibility index (Phi) is 6.04. The lowest BCUT2D eigenvalue weighted by Gasteiger charge is -2.23. The topological polar surface area (TPSA) is 72.7 Å². The Hall–Kier alpha value is -2.61. The van der Waals surface area contributed by atoms with E-state index in [4.69, 9.17) is 11.6 Å². The van der Waals surface area contributed by atoms with E-state index in [-0.39, 0.29) is 5.56 Å². The Morgan fingerprint density at radius 3 is 2.91 bits per heavy atom. The number of hydrogen-bond acceptors (Lipinski definition) is 6. The van der Waals surface area contributed by atoms with Gasteiger partial charge < -0.3 is 5.32 Å². The zero-order valence-corrected chi connectivity index (χ0v) is 19.4. The second-order valence-corrected chi connectivity index (χ2v) is 9.73. The van der Waals surface area contributed by atoms with E-state index in [0.717, 1.165) is 51.5 Å². The largest absolute Gasteiger partial charge is 0.308 e. The number of aromatic nitrogens is 4. The van der Waals surface area contributed by atoms with Crippen LogP contribution in [0.25, 0.3) is 10.2 Å². The third-order valence-electron chi connectivity index (χ3n) is 6.02. The number of thiophene rings is 1. The number of nitrogens with zero attached hydrogens (tertiary/aromatic N) is 4. The van der Waals surface area contributed by atoms with Crippen molar-refractivity contribution in [2.24, 2.45) is 0 Å². The average molecular weight is 466 g/mol. The summed E-state index contributed by atoms with van der Waals surface area (Å²) >= 11 is 7.93. The minimum Gasteiger partial charge on any atom is -0.308 e. The molecule has 5 rings (SSSR count). The first-order valence-corrected chi connectivity index (χ1v) is 12.0. The monoisotopic (exact) mass is 465 g/mol. The summed E-state index contributed by atoms with van der Waals surface area (Å²) in [5.74, 6) is 0. The highest BCUT2D eigenvalue weighted by Crippen LogP contribution is 2.33. The Labute approximate surface area is 195 Å². The molecule has 1 aliphatic rings. The van der Waals surface area contributed by atoms with Crippen LogP contribution in [0.3, 0.4) is 0 Å². The van der Waals surface area contributed by atoms with Gasteiger partial charge in [0.15, 0.2) is 0 Å². The number of hydrogen-bond donors (Lipinski definition) is 1. The van der Waals surface area contributed by atoms with Crippen molar-refractivity contribution in [2.45, 2.75) is 51.7 Å². The molecule has 32 heavy (non-hydrogen) atoms. The number of rotatable bonds is 6. The van der Waals surface area contributed by atoms with Crippen molar-refractivity contribution >= 4 is 33.2 Å². The van der Waals surface area contributed by atoms with Gasteiger partial charge in [0.2, 0.25) is 0 Å². The minimum absolute atomic E-state index is 0.0564. The zero-order valence-electron chi connectivity index (χ0n) is 17.8. The average Bonchev–Trinajstić information content (AvgIpc) is 3.18. The molecule has 0 spiro atoms. The third-order valence-corrected chi connectivity index (χ3v) is 7.55. The summed E-state index contributed by atoms with van der Waals surface area (Å²) in [6.45, 7) is 3.20. The van der Waals surface area contributed by atoms with Crippen LogP contribution >= 0.6 is 22.9 Å². The molecule has 0 amide bonds. The molecule has 4 aromatic rings. The molecule has 0 fully saturated rings. The molecule has 3 heterocycles. The molecule has 1 aliphatic carbocycles. The predicted octanol–water partition coefficient (Wildman–Crippen LogP) is 4.10. The van der Waals surface area contributed by atoms with E-state index in [1.807, 2.05) is 37.4 Å². The van der Waals surface area contributed by atoms with Crippen molar-refractivity contribution < 1.29 is 0 Å². The molecular weight excluding hydrogens is 442 g/mol. The summed E-state index contributed by atoms with van der Waals surface area (Å²) in [6.07, 6.45) is 8.79. The zero-order chi connectivity index (χ0) is 22.1. The van der Waals surface area contributed by atoms with E-state index in [0.29, 0.717) is 25.6 Å². The maximum atomic E-state index is 13.3. The maximum absolute atomic E-state index is 13.3. The van der Waals surface area contributed by atoms with Gasteiger partial charge in [0, 0.05) is 41.4 Å². The first-order chi connectivity index (χ1) is 15.6. The summed E-state index contributed by atoms with van der Waals surface area (Å²) in [7, 11) is 0. The standard InChI is InChI=1S/C24H24ClN5OS/c1-15-11-27-18(12-26-15)13-28-17-6-7-19-21(10-17)32-23-22(19)24(31)30(14-29-23)9-8-16-4-2-3-5-20(16)25/h2-5,11-12,14,17,28H,6-10,13H2,1H3/t17-/m1/s1. The van der Waals surface area contributed by atoms with E-state index in [1.165, 1.54) is 10.4 Å². The quantitative estimate of drug-likeness (QED) is 0.464. The minimum atomic E-state index is 0.0564. The van der Waals surface area contributed by atoms with Crippen molar-refractivity contribution in [1.29, 1.82) is 0 Å². The Morgan fingerprint density at radius 2 is 2.09 bits per heavy atom. The molecule has 1 N–H and O–H groups in total. The molecule has 6 nitrogen and oxygen atoms in total. The lowest BCUT2D eigenvalue weighted by molar-refractivity contribution is 0.459. The molecule has 0 radical (unpaired) electrons. The lowest BCUT2D eigenvalue weighted by atomic mass is 9.93. The number of nitrogens with one attached hydrogen (secondary N) is 1. The fourth-order valence-corrected chi connectivity index (χ4v) is 5.72. The number of fused-ring (bicyclic) bond motifs is 3. The second kappa shape index (κ2) is 9.10. The first kappa shape index (κ1) is 21.2. The van der Waals surface area contributed by atoms with Gasteiger partial charge in [-0.05, 0) is 49.8 Å².